The van der Waals surface area contributed by atoms with Crippen molar-refractivity contribution in [2.24, 2.45) is 5.41 Å². The summed E-state index contributed by atoms with van der Waals surface area (Å²) in [6.07, 6.45) is 8.60. The van der Waals surface area contributed by atoms with Gasteiger partial charge in [-0.05, 0) is 43.7 Å². The molecule has 2 aromatic rings. The van der Waals surface area contributed by atoms with Crippen molar-refractivity contribution in [1.29, 1.82) is 5.26 Å². The fraction of sp³-hybridized carbons (Fsp3) is 0.387. The molecule has 1 saturated heterocycles. The number of carbonyl (C=O) groups excluding carboxylic acids is 3. The number of amides is 3. The van der Waals surface area contributed by atoms with Crippen LogP contribution < -0.4 is 15.1 Å². The second-order valence-corrected chi connectivity index (χ2v) is 11.9. The highest BCUT2D eigenvalue weighted by atomic mass is 35.5. The van der Waals surface area contributed by atoms with Crippen LogP contribution in [0.5, 0.6) is 0 Å². The zero-order valence-electron chi connectivity index (χ0n) is 23.1. The number of hydrogen-bond acceptors (Lipinski definition) is 5. The van der Waals surface area contributed by atoms with E-state index in [1.807, 2.05) is 6.07 Å². The molecule has 5 rings (SSSR count). The van der Waals surface area contributed by atoms with Crippen molar-refractivity contribution >= 4 is 40.8 Å². The minimum absolute atomic E-state index is 0.0257. The smallest absolute Gasteiger partial charge is 0.251 e. The molecule has 0 bridgehead atoms. The molecule has 1 aliphatic heterocycles. The van der Waals surface area contributed by atoms with Crippen molar-refractivity contribution in [2.75, 3.05) is 9.80 Å². The average Bonchev–Trinajstić information content (AvgIpc) is 3.33. The number of hydrogen-bond donors (Lipinski definition) is 1. The molecule has 42 heavy (non-hydrogen) atoms. The van der Waals surface area contributed by atoms with E-state index in [1.54, 1.807) is 31.2 Å². The van der Waals surface area contributed by atoms with Crippen molar-refractivity contribution in [1.82, 2.24) is 10.3 Å². The standard InChI is InChI=1S/C31H30ClF2N5O3/c1-30(34)16-21(17-30)37-28(41)27(31(2)12-4-3-8-24(31)32)38(22-7-5-6-20(33)15-22)29(42)23-9-10-26(40)39(23)25-14-19(18-35)11-13-36-25/h3-8,11-15,21,23-24,27H,9-10,16-17H2,1-2H3,(H,37,41)/t21?,23-,24?,27+,30?,31?/m0/s1. The average molecular weight is 594 g/mol. The Labute approximate surface area is 247 Å². The van der Waals surface area contributed by atoms with Gasteiger partial charge in [0.15, 0.2) is 0 Å². The van der Waals surface area contributed by atoms with Crippen LogP contribution in [0.4, 0.5) is 20.3 Å². The molecule has 2 aliphatic carbocycles. The number of carbonyl (C=O) groups is 3. The van der Waals surface area contributed by atoms with E-state index in [1.165, 1.54) is 53.3 Å². The molecule has 2 unspecified atom stereocenters. The lowest BCUT2D eigenvalue weighted by atomic mass is 9.73. The summed E-state index contributed by atoms with van der Waals surface area (Å²) < 4.78 is 29.0. The van der Waals surface area contributed by atoms with Crippen LogP contribution in [0.3, 0.4) is 0 Å². The largest absolute Gasteiger partial charge is 0.351 e. The Morgan fingerprint density at radius 1 is 1.24 bits per heavy atom. The Morgan fingerprint density at radius 2 is 2.00 bits per heavy atom. The van der Waals surface area contributed by atoms with Gasteiger partial charge in [0.1, 0.15) is 29.4 Å². The Bertz CT molecular complexity index is 1510. The van der Waals surface area contributed by atoms with E-state index in [2.05, 4.69) is 10.3 Å². The molecule has 11 heteroatoms. The molecule has 8 nitrogen and oxygen atoms in total. The van der Waals surface area contributed by atoms with Gasteiger partial charge in [0.2, 0.25) is 11.8 Å². The predicted octanol–water partition coefficient (Wildman–Crippen LogP) is 4.74. The Hall–Kier alpha value is -4.10. The number of nitriles is 1. The Balaban J connectivity index is 1.61. The first-order chi connectivity index (χ1) is 19.9. The van der Waals surface area contributed by atoms with E-state index in [0.717, 1.165) is 6.07 Å². The summed E-state index contributed by atoms with van der Waals surface area (Å²) >= 11 is 6.81. The summed E-state index contributed by atoms with van der Waals surface area (Å²) in [7, 11) is 0. The van der Waals surface area contributed by atoms with Gasteiger partial charge < -0.3 is 5.32 Å². The van der Waals surface area contributed by atoms with Gasteiger partial charge in [0.25, 0.3) is 5.91 Å². The van der Waals surface area contributed by atoms with Gasteiger partial charge in [-0.2, -0.15) is 5.26 Å². The highest BCUT2D eigenvalue weighted by Crippen LogP contribution is 2.42. The molecule has 1 N–H and O–H groups in total. The normalized spacial score (nSPS) is 29.0. The van der Waals surface area contributed by atoms with Crippen molar-refractivity contribution in [3.05, 3.63) is 78.3 Å². The van der Waals surface area contributed by atoms with Crippen LogP contribution >= 0.6 is 11.6 Å². The van der Waals surface area contributed by atoms with Crippen LogP contribution in [0.25, 0.3) is 0 Å². The molecule has 3 aliphatic rings. The number of aromatic nitrogens is 1. The highest BCUT2D eigenvalue weighted by molar-refractivity contribution is 6.23. The zero-order valence-corrected chi connectivity index (χ0v) is 23.9. The van der Waals surface area contributed by atoms with Crippen LogP contribution in [-0.4, -0.2) is 51.9 Å². The molecule has 1 saturated carbocycles. The maximum absolute atomic E-state index is 14.7. The van der Waals surface area contributed by atoms with E-state index < -0.39 is 52.2 Å². The van der Waals surface area contributed by atoms with E-state index in [-0.39, 0.29) is 48.7 Å². The Kier molecular flexibility index (Phi) is 7.90. The van der Waals surface area contributed by atoms with Crippen LogP contribution in [0.15, 0.2) is 66.9 Å². The minimum atomic E-state index is -1.41. The minimum Gasteiger partial charge on any atom is -0.351 e. The topological polar surface area (TPSA) is 106 Å². The van der Waals surface area contributed by atoms with Crippen LogP contribution in [0.2, 0.25) is 0 Å². The molecule has 1 aromatic heterocycles. The van der Waals surface area contributed by atoms with Crippen LogP contribution in [-0.2, 0) is 14.4 Å². The number of anilines is 2. The number of allylic oxidation sites excluding steroid dienone is 3. The monoisotopic (exact) mass is 593 g/mol. The van der Waals surface area contributed by atoms with Gasteiger partial charge in [-0.25, -0.2) is 13.8 Å². The van der Waals surface area contributed by atoms with Gasteiger partial charge in [-0.1, -0.05) is 37.3 Å². The molecule has 0 spiro atoms. The molecular formula is C31H30ClF2N5O3. The molecular weight excluding hydrogens is 564 g/mol. The first-order valence-corrected chi connectivity index (χ1v) is 14.1. The quantitative estimate of drug-likeness (QED) is 0.467. The highest BCUT2D eigenvalue weighted by Gasteiger charge is 2.52. The fourth-order valence-corrected chi connectivity index (χ4v) is 6.28. The third-order valence-electron chi connectivity index (χ3n) is 8.17. The van der Waals surface area contributed by atoms with Gasteiger partial charge in [0.05, 0.1) is 17.0 Å². The van der Waals surface area contributed by atoms with E-state index in [4.69, 9.17) is 11.6 Å². The number of halogens is 3. The van der Waals surface area contributed by atoms with Crippen LogP contribution in [0.1, 0.15) is 45.1 Å². The summed E-state index contributed by atoms with van der Waals surface area (Å²) in [5.41, 5.74) is -2.25. The second kappa shape index (κ2) is 11.3. The van der Waals surface area contributed by atoms with E-state index in [9.17, 15) is 28.4 Å². The molecule has 2 heterocycles. The van der Waals surface area contributed by atoms with Gasteiger partial charge in [0, 0.05) is 42.6 Å². The molecule has 0 radical (unpaired) electrons. The van der Waals surface area contributed by atoms with Crippen LogP contribution in [0, 0.1) is 22.6 Å². The number of alkyl halides is 2. The molecule has 218 valence electrons. The first-order valence-electron chi connectivity index (χ1n) is 13.7. The fourth-order valence-electron chi connectivity index (χ4n) is 6.01. The number of rotatable bonds is 7. The SMILES string of the molecule is CC1(F)CC(NC(=O)[C@@H](N(C(=O)[C@@H]2CCC(=O)N2c2cc(C#N)ccn2)c2cccc(F)c2)C2(C)C=CC=CC2Cl)C1. The summed E-state index contributed by atoms with van der Waals surface area (Å²) in [5, 5.41) is 11.5. The lowest BCUT2D eigenvalue weighted by Crippen LogP contribution is -2.65. The number of benzene rings is 1. The summed E-state index contributed by atoms with van der Waals surface area (Å²) in [6, 6.07) is 7.32. The summed E-state index contributed by atoms with van der Waals surface area (Å²) in [4.78, 5) is 48.6. The number of pyridine rings is 1. The maximum Gasteiger partial charge on any atom is 0.251 e. The second-order valence-electron chi connectivity index (χ2n) is 11.5. The van der Waals surface area contributed by atoms with Gasteiger partial charge in [-0.15, -0.1) is 11.6 Å². The summed E-state index contributed by atoms with van der Waals surface area (Å²) in [5.74, 6) is -2.12. The lowest BCUT2D eigenvalue weighted by Gasteiger charge is -2.47. The van der Waals surface area contributed by atoms with Gasteiger partial charge >= 0.3 is 0 Å². The third kappa shape index (κ3) is 5.53. The zero-order chi connectivity index (χ0) is 30.2. The van der Waals surface area contributed by atoms with E-state index in [0.29, 0.717) is 0 Å². The predicted molar refractivity (Wildman–Crippen MR) is 154 cm³/mol. The van der Waals surface area contributed by atoms with Crippen molar-refractivity contribution in [3.63, 3.8) is 0 Å². The maximum atomic E-state index is 14.7. The number of nitrogens with zero attached hydrogens (tertiary/aromatic N) is 4. The van der Waals surface area contributed by atoms with Gasteiger partial charge in [-0.3, -0.25) is 24.2 Å². The summed E-state index contributed by atoms with van der Waals surface area (Å²) in [6.45, 7) is 3.19. The number of nitrogens with one attached hydrogen (secondary N) is 1. The molecule has 1 aromatic carbocycles. The lowest BCUT2D eigenvalue weighted by molar-refractivity contribution is -0.130. The first kappa shape index (κ1) is 29.4. The van der Waals surface area contributed by atoms with E-state index >= 15 is 0 Å². The van der Waals surface area contributed by atoms with Crippen molar-refractivity contribution in [3.8, 4) is 6.07 Å². The molecule has 3 amide bonds. The third-order valence-corrected chi connectivity index (χ3v) is 8.78. The van der Waals surface area contributed by atoms with Crippen molar-refractivity contribution in [2.45, 2.75) is 68.7 Å². The Morgan fingerprint density at radius 3 is 2.67 bits per heavy atom. The molecule has 4 atom stereocenters. The molecule has 2 fully saturated rings. The van der Waals surface area contributed by atoms with Crippen molar-refractivity contribution < 1.29 is 23.2 Å².